The van der Waals surface area contributed by atoms with Crippen molar-refractivity contribution in [3.05, 3.63) is 35.4 Å². The van der Waals surface area contributed by atoms with Gasteiger partial charge in [-0.3, -0.25) is 14.4 Å². The molecule has 1 aromatic carbocycles. The summed E-state index contributed by atoms with van der Waals surface area (Å²) in [6.45, 7) is 1.83. The first kappa shape index (κ1) is 10.5. The van der Waals surface area contributed by atoms with E-state index in [9.17, 15) is 14.4 Å². The Morgan fingerprint density at radius 2 is 1.62 bits per heavy atom. The molecule has 0 N–H and O–H groups in total. The molecule has 0 spiro atoms. The summed E-state index contributed by atoms with van der Waals surface area (Å²) in [7, 11) is 0. The Kier molecular flexibility index (Phi) is 2.56. The average molecular weight is 217 g/mol. The molecule has 1 aromatic rings. The molecule has 0 radical (unpaired) electrons. The number of hydrogen-bond donors (Lipinski definition) is 0. The van der Waals surface area contributed by atoms with Crippen LogP contribution in [0.5, 0.6) is 0 Å². The number of amides is 3. The van der Waals surface area contributed by atoms with Gasteiger partial charge in [-0.1, -0.05) is 19.1 Å². The quantitative estimate of drug-likeness (QED) is 0.707. The molecule has 0 saturated carbocycles. The zero-order valence-corrected chi connectivity index (χ0v) is 8.90. The van der Waals surface area contributed by atoms with Crippen LogP contribution in [-0.4, -0.2) is 22.6 Å². The molecule has 0 saturated heterocycles. The summed E-state index contributed by atoms with van der Waals surface area (Å²) in [5.74, 6) is -1.42. The molecule has 0 unspecified atom stereocenters. The van der Waals surface area contributed by atoms with Crippen LogP contribution in [0.25, 0.3) is 0 Å². The van der Waals surface area contributed by atoms with Gasteiger partial charge in [0, 0.05) is 6.42 Å². The van der Waals surface area contributed by atoms with Crippen molar-refractivity contribution in [3.8, 4) is 0 Å². The van der Waals surface area contributed by atoms with Crippen LogP contribution in [0.3, 0.4) is 0 Å². The first-order valence-corrected chi connectivity index (χ1v) is 5.17. The largest absolute Gasteiger partial charge is 0.274 e. The van der Waals surface area contributed by atoms with Crippen LogP contribution in [0.4, 0.5) is 0 Å². The van der Waals surface area contributed by atoms with Crippen molar-refractivity contribution in [2.75, 3.05) is 0 Å². The SMILES string of the molecule is CCCC(=O)N1C(=O)c2ccccc2C1=O. The van der Waals surface area contributed by atoms with E-state index >= 15 is 0 Å². The van der Waals surface area contributed by atoms with E-state index in [-0.39, 0.29) is 6.42 Å². The third-order valence-corrected chi connectivity index (χ3v) is 2.51. The second-order valence-electron chi connectivity index (χ2n) is 3.64. The van der Waals surface area contributed by atoms with Crippen LogP contribution in [-0.2, 0) is 4.79 Å². The van der Waals surface area contributed by atoms with E-state index in [1.54, 1.807) is 24.3 Å². The molecule has 0 atom stereocenters. The van der Waals surface area contributed by atoms with Crippen molar-refractivity contribution in [3.63, 3.8) is 0 Å². The maximum atomic E-state index is 11.8. The summed E-state index contributed by atoms with van der Waals surface area (Å²) in [5, 5.41) is 0. The van der Waals surface area contributed by atoms with Gasteiger partial charge in [0.15, 0.2) is 0 Å². The Bertz CT molecular complexity index is 444. The molecule has 0 aliphatic carbocycles. The standard InChI is InChI=1S/C12H11NO3/c1-2-5-10(14)13-11(15)8-6-3-4-7-9(8)12(13)16/h3-4,6-7H,2,5H2,1H3. The third-order valence-electron chi connectivity index (χ3n) is 2.51. The molecule has 82 valence electrons. The van der Waals surface area contributed by atoms with Crippen molar-refractivity contribution in [2.24, 2.45) is 0 Å². The number of benzene rings is 1. The fourth-order valence-corrected chi connectivity index (χ4v) is 1.74. The van der Waals surface area contributed by atoms with Crippen molar-refractivity contribution in [1.29, 1.82) is 0 Å². The number of rotatable bonds is 2. The van der Waals surface area contributed by atoms with Crippen LogP contribution in [0.15, 0.2) is 24.3 Å². The molecule has 4 nitrogen and oxygen atoms in total. The van der Waals surface area contributed by atoms with Crippen LogP contribution in [0.2, 0.25) is 0 Å². The molecule has 16 heavy (non-hydrogen) atoms. The minimum Gasteiger partial charge on any atom is -0.274 e. The van der Waals surface area contributed by atoms with Gasteiger partial charge in [0.2, 0.25) is 5.91 Å². The Balaban J connectivity index is 2.39. The molecule has 0 aromatic heterocycles. The lowest BCUT2D eigenvalue weighted by Gasteiger charge is -2.10. The molecule has 0 fully saturated rings. The normalized spacial score (nSPS) is 14.2. The van der Waals surface area contributed by atoms with Crippen molar-refractivity contribution in [2.45, 2.75) is 19.8 Å². The Hall–Kier alpha value is -1.97. The van der Waals surface area contributed by atoms with Gasteiger partial charge < -0.3 is 0 Å². The number of carbonyl (C=O) groups is 3. The maximum Gasteiger partial charge on any atom is 0.268 e. The number of hydrogen-bond acceptors (Lipinski definition) is 3. The number of fused-ring (bicyclic) bond motifs is 1. The van der Waals surface area contributed by atoms with E-state index < -0.39 is 17.7 Å². The zero-order valence-electron chi connectivity index (χ0n) is 8.90. The van der Waals surface area contributed by atoms with Crippen molar-refractivity contribution >= 4 is 17.7 Å². The molecule has 1 aliphatic heterocycles. The molecule has 3 amide bonds. The molecule has 4 heteroatoms. The topological polar surface area (TPSA) is 54.5 Å². The highest BCUT2D eigenvalue weighted by molar-refractivity contribution is 6.28. The number of nitrogens with zero attached hydrogens (tertiary/aromatic N) is 1. The summed E-state index contributed by atoms with van der Waals surface area (Å²) in [5.41, 5.74) is 0.633. The Morgan fingerprint density at radius 3 is 2.06 bits per heavy atom. The lowest BCUT2D eigenvalue weighted by molar-refractivity contribution is -0.126. The van der Waals surface area contributed by atoms with Crippen LogP contribution in [0.1, 0.15) is 40.5 Å². The first-order chi connectivity index (χ1) is 7.66. The summed E-state index contributed by atoms with van der Waals surface area (Å²) in [6, 6.07) is 6.49. The smallest absolute Gasteiger partial charge is 0.268 e. The van der Waals surface area contributed by atoms with Gasteiger partial charge in [-0.2, -0.15) is 0 Å². The highest BCUT2D eigenvalue weighted by Gasteiger charge is 2.38. The van der Waals surface area contributed by atoms with Crippen LogP contribution >= 0.6 is 0 Å². The fraction of sp³-hybridized carbons (Fsp3) is 0.250. The van der Waals surface area contributed by atoms with E-state index in [2.05, 4.69) is 0 Å². The zero-order chi connectivity index (χ0) is 11.7. The summed E-state index contributed by atoms with van der Waals surface area (Å²) in [4.78, 5) is 36.0. The highest BCUT2D eigenvalue weighted by atomic mass is 16.2. The average Bonchev–Trinajstić information content (AvgIpc) is 2.53. The Morgan fingerprint density at radius 1 is 1.12 bits per heavy atom. The van der Waals surface area contributed by atoms with Crippen LogP contribution in [0, 0.1) is 0 Å². The van der Waals surface area contributed by atoms with Crippen molar-refractivity contribution < 1.29 is 14.4 Å². The number of carbonyl (C=O) groups excluding carboxylic acids is 3. The summed E-state index contributed by atoms with van der Waals surface area (Å²) < 4.78 is 0. The van der Waals surface area contributed by atoms with E-state index in [0.717, 1.165) is 4.90 Å². The van der Waals surface area contributed by atoms with Gasteiger partial charge in [-0.05, 0) is 18.6 Å². The van der Waals surface area contributed by atoms with Gasteiger partial charge in [-0.25, -0.2) is 4.90 Å². The molecule has 0 bridgehead atoms. The maximum absolute atomic E-state index is 11.8. The number of imide groups is 3. The van der Waals surface area contributed by atoms with Gasteiger partial charge in [0.1, 0.15) is 0 Å². The predicted molar refractivity (Wildman–Crippen MR) is 56.9 cm³/mol. The van der Waals surface area contributed by atoms with Gasteiger partial charge in [0.25, 0.3) is 11.8 Å². The molecular weight excluding hydrogens is 206 g/mol. The summed E-state index contributed by atoms with van der Waals surface area (Å²) in [6.07, 6.45) is 0.831. The van der Waals surface area contributed by atoms with E-state index in [1.807, 2.05) is 6.92 Å². The molecule has 1 aliphatic rings. The lowest BCUT2D eigenvalue weighted by atomic mass is 10.1. The third kappa shape index (κ3) is 1.43. The summed E-state index contributed by atoms with van der Waals surface area (Å²) >= 11 is 0. The van der Waals surface area contributed by atoms with Crippen LogP contribution < -0.4 is 0 Å². The predicted octanol–water partition coefficient (Wildman–Crippen LogP) is 1.61. The molecule has 2 rings (SSSR count). The second-order valence-corrected chi connectivity index (χ2v) is 3.64. The monoisotopic (exact) mass is 217 g/mol. The van der Waals surface area contributed by atoms with E-state index in [1.165, 1.54) is 0 Å². The molecule has 1 heterocycles. The molecular formula is C12H11NO3. The van der Waals surface area contributed by atoms with E-state index in [0.29, 0.717) is 17.5 Å². The fourth-order valence-electron chi connectivity index (χ4n) is 1.74. The second kappa shape index (κ2) is 3.89. The minimum absolute atomic E-state index is 0.214. The highest BCUT2D eigenvalue weighted by Crippen LogP contribution is 2.23. The van der Waals surface area contributed by atoms with Crippen molar-refractivity contribution in [1.82, 2.24) is 4.90 Å². The minimum atomic E-state index is -0.501. The van der Waals surface area contributed by atoms with Gasteiger partial charge in [-0.15, -0.1) is 0 Å². The van der Waals surface area contributed by atoms with Gasteiger partial charge in [0.05, 0.1) is 11.1 Å². The lowest BCUT2D eigenvalue weighted by Crippen LogP contribution is -2.35. The Labute approximate surface area is 92.9 Å². The first-order valence-electron chi connectivity index (χ1n) is 5.17. The van der Waals surface area contributed by atoms with Gasteiger partial charge >= 0.3 is 0 Å². The van der Waals surface area contributed by atoms with E-state index in [4.69, 9.17) is 0 Å².